The molecule has 170 valence electrons. The zero-order chi connectivity index (χ0) is 22.2. The fourth-order valence-corrected chi connectivity index (χ4v) is 4.69. The van der Waals surface area contributed by atoms with Gasteiger partial charge in [-0.25, -0.2) is 18.7 Å². The molecule has 3 aromatic rings. The molecule has 7 nitrogen and oxygen atoms in total. The molecule has 2 aromatic heterocycles. The average molecular weight is 463 g/mol. The largest absolute Gasteiger partial charge is 0.379 e. The van der Waals surface area contributed by atoms with Crippen molar-refractivity contribution in [3.63, 3.8) is 0 Å². The Morgan fingerprint density at radius 3 is 2.53 bits per heavy atom. The molecular weight excluding hydrogens is 438 g/mol. The predicted octanol–water partition coefficient (Wildman–Crippen LogP) is 5.45. The van der Waals surface area contributed by atoms with Crippen molar-refractivity contribution >= 4 is 40.3 Å². The van der Waals surface area contributed by atoms with Gasteiger partial charge in [0.2, 0.25) is 11.9 Å². The highest BCUT2D eigenvalue weighted by molar-refractivity contribution is 6.30. The van der Waals surface area contributed by atoms with E-state index in [1.165, 1.54) is 0 Å². The van der Waals surface area contributed by atoms with Crippen LogP contribution >= 0.6 is 11.6 Å². The first-order chi connectivity index (χ1) is 15.5. The number of hydrogen-bond donors (Lipinski definition) is 2. The van der Waals surface area contributed by atoms with Gasteiger partial charge in [-0.15, -0.1) is 0 Å². The van der Waals surface area contributed by atoms with Crippen LogP contribution in [0.25, 0.3) is 11.2 Å². The molecule has 1 saturated carbocycles. The van der Waals surface area contributed by atoms with E-state index in [1.807, 2.05) is 4.57 Å². The zero-order valence-corrected chi connectivity index (χ0v) is 18.5. The summed E-state index contributed by atoms with van der Waals surface area (Å²) in [6.07, 6.45) is 6.56. The van der Waals surface area contributed by atoms with E-state index in [4.69, 9.17) is 21.3 Å². The van der Waals surface area contributed by atoms with E-state index in [-0.39, 0.29) is 22.8 Å². The van der Waals surface area contributed by atoms with E-state index in [0.29, 0.717) is 42.2 Å². The molecule has 0 unspecified atom stereocenters. The van der Waals surface area contributed by atoms with Gasteiger partial charge in [-0.05, 0) is 50.2 Å². The maximum Gasteiger partial charge on any atom is 0.225 e. The third-order valence-electron chi connectivity index (χ3n) is 6.29. The minimum atomic E-state index is -0.777. The van der Waals surface area contributed by atoms with E-state index in [9.17, 15) is 8.78 Å². The number of anilines is 3. The van der Waals surface area contributed by atoms with Gasteiger partial charge in [0.05, 0.1) is 18.8 Å². The third kappa shape index (κ3) is 4.23. The SMILES string of the molecule is C[C@H]1CC[C@@H](n2c(Nc3c(F)cc(Cl)cc3F)nc3cnc(N[C@H]4CCOC4)nc32)CC1. The van der Waals surface area contributed by atoms with Crippen LogP contribution in [-0.4, -0.2) is 38.8 Å². The predicted molar refractivity (Wildman–Crippen MR) is 119 cm³/mol. The summed E-state index contributed by atoms with van der Waals surface area (Å²) in [5.41, 5.74) is 0.914. The van der Waals surface area contributed by atoms with E-state index >= 15 is 0 Å². The summed E-state index contributed by atoms with van der Waals surface area (Å²) in [5.74, 6) is -0.0667. The molecule has 2 aliphatic rings. The second kappa shape index (κ2) is 8.78. The van der Waals surface area contributed by atoms with Crippen LogP contribution in [0.1, 0.15) is 45.1 Å². The monoisotopic (exact) mass is 462 g/mol. The van der Waals surface area contributed by atoms with Crippen LogP contribution in [0.15, 0.2) is 18.3 Å². The summed E-state index contributed by atoms with van der Waals surface area (Å²) < 4.78 is 36.4. The zero-order valence-electron chi connectivity index (χ0n) is 17.7. The Labute approximate surface area is 189 Å². The number of aromatic nitrogens is 4. The van der Waals surface area contributed by atoms with Crippen molar-refractivity contribution in [2.24, 2.45) is 5.92 Å². The molecule has 2 fully saturated rings. The van der Waals surface area contributed by atoms with Gasteiger partial charge in [-0.3, -0.25) is 4.57 Å². The van der Waals surface area contributed by atoms with Crippen molar-refractivity contribution in [3.05, 3.63) is 35.0 Å². The van der Waals surface area contributed by atoms with Crippen molar-refractivity contribution in [1.29, 1.82) is 0 Å². The lowest BCUT2D eigenvalue weighted by atomic mass is 9.87. The quantitative estimate of drug-likeness (QED) is 0.524. The smallest absolute Gasteiger partial charge is 0.225 e. The Hall–Kier alpha value is -2.52. The Morgan fingerprint density at radius 2 is 1.84 bits per heavy atom. The molecule has 10 heteroatoms. The molecule has 1 aliphatic heterocycles. The molecule has 0 spiro atoms. The molecule has 2 N–H and O–H groups in total. The van der Waals surface area contributed by atoms with Gasteiger partial charge in [-0.1, -0.05) is 18.5 Å². The van der Waals surface area contributed by atoms with Crippen LogP contribution in [0.5, 0.6) is 0 Å². The van der Waals surface area contributed by atoms with E-state index < -0.39 is 11.6 Å². The summed E-state index contributed by atoms with van der Waals surface area (Å²) in [4.78, 5) is 13.7. The van der Waals surface area contributed by atoms with Gasteiger partial charge in [0.1, 0.15) is 11.2 Å². The van der Waals surface area contributed by atoms with Gasteiger partial charge in [-0.2, -0.15) is 4.98 Å². The number of ether oxygens (including phenoxy) is 1. The molecule has 32 heavy (non-hydrogen) atoms. The van der Waals surface area contributed by atoms with Gasteiger partial charge in [0.15, 0.2) is 17.3 Å². The Kier molecular flexibility index (Phi) is 5.86. The van der Waals surface area contributed by atoms with E-state index in [2.05, 4.69) is 27.5 Å². The molecular formula is C22H25ClF2N6O. The van der Waals surface area contributed by atoms with Crippen LogP contribution in [0.3, 0.4) is 0 Å². The number of nitrogens with zero attached hydrogens (tertiary/aromatic N) is 4. The molecule has 3 heterocycles. The third-order valence-corrected chi connectivity index (χ3v) is 6.51. The van der Waals surface area contributed by atoms with Crippen LogP contribution in [0.2, 0.25) is 5.02 Å². The second-order valence-corrected chi connectivity index (χ2v) is 9.13. The maximum absolute atomic E-state index is 14.5. The number of imidazole rings is 1. The van der Waals surface area contributed by atoms with E-state index in [1.54, 1.807) is 6.20 Å². The number of rotatable bonds is 5. The van der Waals surface area contributed by atoms with Crippen molar-refractivity contribution in [2.45, 2.75) is 51.1 Å². The summed E-state index contributed by atoms with van der Waals surface area (Å²) in [6, 6.07) is 2.44. The molecule has 0 amide bonds. The molecule has 1 aromatic carbocycles. The van der Waals surface area contributed by atoms with Gasteiger partial charge >= 0.3 is 0 Å². The lowest BCUT2D eigenvalue weighted by Gasteiger charge is -2.28. The maximum atomic E-state index is 14.5. The van der Waals surface area contributed by atoms with E-state index in [0.717, 1.165) is 44.2 Å². The summed E-state index contributed by atoms with van der Waals surface area (Å²) in [5, 5.41) is 6.17. The van der Waals surface area contributed by atoms with Gasteiger partial charge < -0.3 is 15.4 Å². The van der Waals surface area contributed by atoms with Crippen molar-refractivity contribution in [1.82, 2.24) is 19.5 Å². The van der Waals surface area contributed by atoms with Crippen molar-refractivity contribution in [2.75, 3.05) is 23.8 Å². The summed E-state index contributed by atoms with van der Waals surface area (Å²) in [7, 11) is 0. The highest BCUT2D eigenvalue weighted by Crippen LogP contribution is 2.37. The van der Waals surface area contributed by atoms with Gasteiger partial charge in [0.25, 0.3) is 0 Å². The molecule has 5 rings (SSSR count). The molecule has 0 bridgehead atoms. The minimum Gasteiger partial charge on any atom is -0.379 e. The number of nitrogens with one attached hydrogen (secondary N) is 2. The molecule has 1 aliphatic carbocycles. The Bertz CT molecular complexity index is 1100. The average Bonchev–Trinajstić information content (AvgIpc) is 3.39. The highest BCUT2D eigenvalue weighted by Gasteiger charge is 2.27. The Balaban J connectivity index is 1.55. The van der Waals surface area contributed by atoms with Crippen LogP contribution in [0.4, 0.5) is 26.4 Å². The molecule has 0 radical (unpaired) electrons. The number of hydrogen-bond acceptors (Lipinski definition) is 6. The summed E-state index contributed by atoms with van der Waals surface area (Å²) in [6.45, 7) is 3.57. The van der Waals surface area contributed by atoms with Crippen LogP contribution < -0.4 is 10.6 Å². The number of fused-ring (bicyclic) bond motifs is 1. The normalized spacial score (nSPS) is 23.6. The standard InChI is InChI=1S/C22H25ClF2N6O/c1-12-2-4-15(5-3-12)31-20-18(10-26-21(30-20)27-14-6-7-32-11-14)28-22(31)29-19-16(24)8-13(23)9-17(19)25/h8-10,12,14-15H,2-7,11H2,1H3,(H,28,29)(H,26,27,30)/t12-,14-,15+/m0/s1. The topological polar surface area (TPSA) is 76.9 Å². The highest BCUT2D eigenvalue weighted by atomic mass is 35.5. The lowest BCUT2D eigenvalue weighted by Crippen LogP contribution is -2.21. The Morgan fingerprint density at radius 1 is 1.09 bits per heavy atom. The van der Waals surface area contributed by atoms with Crippen molar-refractivity contribution < 1.29 is 13.5 Å². The van der Waals surface area contributed by atoms with Crippen molar-refractivity contribution in [3.8, 4) is 0 Å². The number of benzene rings is 1. The molecule has 1 atom stereocenters. The second-order valence-electron chi connectivity index (χ2n) is 8.70. The molecule has 1 saturated heterocycles. The van der Waals surface area contributed by atoms with Crippen LogP contribution in [-0.2, 0) is 4.74 Å². The lowest BCUT2D eigenvalue weighted by molar-refractivity contribution is 0.195. The first kappa shape index (κ1) is 21.3. The number of halogens is 3. The minimum absolute atomic E-state index is 0.00204. The van der Waals surface area contributed by atoms with Crippen LogP contribution in [0, 0.1) is 17.6 Å². The summed E-state index contributed by atoms with van der Waals surface area (Å²) >= 11 is 5.78. The van der Waals surface area contributed by atoms with Gasteiger partial charge in [0, 0.05) is 17.7 Å². The first-order valence-corrected chi connectivity index (χ1v) is 11.4. The fourth-order valence-electron chi connectivity index (χ4n) is 4.50. The first-order valence-electron chi connectivity index (χ1n) is 11.0. The fraction of sp³-hybridized carbons (Fsp3) is 0.500.